The Bertz CT molecular complexity index is 210. The molecule has 1 N–H and O–H groups in total. The Morgan fingerprint density at radius 1 is 1.23 bits per heavy atom. The number of amides is 1. The summed E-state index contributed by atoms with van der Waals surface area (Å²) in [6, 6.07) is 0.380. The quantitative estimate of drug-likeness (QED) is 0.490. The lowest BCUT2D eigenvalue weighted by Crippen LogP contribution is -2.57. The molecule has 0 saturated carbocycles. The van der Waals surface area contributed by atoms with E-state index in [1.165, 1.54) is 0 Å². The number of hydrogen-bond donors (Lipinski definition) is 1. The molecule has 1 amide bonds. The van der Waals surface area contributed by atoms with E-state index in [2.05, 4.69) is 18.5 Å². The third-order valence-electron chi connectivity index (χ3n) is 2.51. The summed E-state index contributed by atoms with van der Waals surface area (Å²) in [4.78, 5) is 11.1. The molecule has 0 aliphatic carbocycles. The number of carbonyl (C=O) groups is 1. The Labute approximate surface area is 79.7 Å². The van der Waals surface area contributed by atoms with Crippen molar-refractivity contribution in [1.82, 2.24) is 5.32 Å². The van der Waals surface area contributed by atoms with Crippen molar-refractivity contribution in [2.45, 2.75) is 31.7 Å². The van der Waals surface area contributed by atoms with Crippen molar-refractivity contribution in [3.8, 4) is 0 Å². The van der Waals surface area contributed by atoms with E-state index < -0.39 is 0 Å². The summed E-state index contributed by atoms with van der Waals surface area (Å²) in [5.41, 5.74) is 0. The molecule has 0 aromatic rings. The smallest absolute Gasteiger partial charge is 0.225 e. The number of rotatable bonds is 6. The Morgan fingerprint density at radius 2 is 1.85 bits per heavy atom. The van der Waals surface area contributed by atoms with Crippen LogP contribution in [0.5, 0.6) is 0 Å². The van der Waals surface area contributed by atoms with Crippen LogP contribution in [0.1, 0.15) is 25.7 Å². The van der Waals surface area contributed by atoms with Crippen LogP contribution in [0.25, 0.3) is 0 Å². The van der Waals surface area contributed by atoms with Gasteiger partial charge in [0.15, 0.2) is 0 Å². The lowest BCUT2D eigenvalue weighted by Gasteiger charge is -2.36. The molecule has 72 valence electrons. The number of nitrogens with one attached hydrogen (secondary N) is 1. The Morgan fingerprint density at radius 3 is 2.38 bits per heavy atom. The van der Waals surface area contributed by atoms with E-state index in [0.717, 1.165) is 25.7 Å². The van der Waals surface area contributed by atoms with Crippen molar-refractivity contribution in [2.24, 2.45) is 5.92 Å². The third kappa shape index (κ3) is 2.44. The molecule has 1 aliphatic heterocycles. The predicted octanol–water partition coefficient (Wildman–Crippen LogP) is 2.03. The van der Waals surface area contributed by atoms with Crippen LogP contribution in [-0.2, 0) is 4.79 Å². The second kappa shape index (κ2) is 4.85. The first-order valence-electron chi connectivity index (χ1n) is 4.81. The lowest BCUT2D eigenvalue weighted by atomic mass is 9.84. The van der Waals surface area contributed by atoms with Crippen LogP contribution in [0.2, 0.25) is 0 Å². The maximum absolute atomic E-state index is 11.1. The highest BCUT2D eigenvalue weighted by atomic mass is 16.2. The SMILES string of the molecule is C=CCC[C@@H]1NC(=O)[C@@H]1CCC=C. The van der Waals surface area contributed by atoms with Crippen molar-refractivity contribution >= 4 is 5.91 Å². The summed E-state index contributed by atoms with van der Waals surface area (Å²) in [5.74, 6) is 0.425. The lowest BCUT2D eigenvalue weighted by molar-refractivity contribution is -0.135. The molecule has 0 unspecified atom stereocenters. The normalized spacial score (nSPS) is 26.0. The van der Waals surface area contributed by atoms with E-state index >= 15 is 0 Å². The van der Waals surface area contributed by atoms with Crippen molar-refractivity contribution in [2.75, 3.05) is 0 Å². The summed E-state index contributed by atoms with van der Waals surface area (Å²) in [7, 11) is 0. The third-order valence-corrected chi connectivity index (χ3v) is 2.51. The molecule has 0 bridgehead atoms. The van der Waals surface area contributed by atoms with Crippen LogP contribution in [0.4, 0.5) is 0 Å². The number of hydrogen-bond acceptors (Lipinski definition) is 1. The van der Waals surface area contributed by atoms with E-state index in [4.69, 9.17) is 0 Å². The molecule has 1 saturated heterocycles. The van der Waals surface area contributed by atoms with Crippen LogP contribution >= 0.6 is 0 Å². The Kier molecular flexibility index (Phi) is 3.74. The highest BCUT2D eigenvalue weighted by molar-refractivity contribution is 5.85. The molecular weight excluding hydrogens is 162 g/mol. The fourth-order valence-corrected chi connectivity index (χ4v) is 1.68. The number of allylic oxidation sites excluding steroid dienone is 2. The molecule has 1 aliphatic rings. The molecule has 0 aromatic heterocycles. The number of β-lactam (4-membered cyclic amide) rings is 1. The van der Waals surface area contributed by atoms with Gasteiger partial charge < -0.3 is 5.32 Å². The molecule has 1 rings (SSSR count). The second-order valence-corrected chi connectivity index (χ2v) is 3.45. The molecular formula is C11H17NO. The zero-order valence-electron chi connectivity index (χ0n) is 7.96. The standard InChI is InChI=1S/C11H17NO/c1-3-5-7-9-10(8-6-4-2)12-11(9)13/h3-4,9-10H,1-2,5-8H2,(H,12,13)/t9-,10+/m1/s1. The van der Waals surface area contributed by atoms with Crippen molar-refractivity contribution in [3.63, 3.8) is 0 Å². The van der Waals surface area contributed by atoms with E-state index in [9.17, 15) is 4.79 Å². The van der Waals surface area contributed by atoms with E-state index in [-0.39, 0.29) is 11.8 Å². The predicted molar refractivity (Wildman–Crippen MR) is 54.3 cm³/mol. The van der Waals surface area contributed by atoms with Crippen LogP contribution in [-0.4, -0.2) is 11.9 Å². The fourth-order valence-electron chi connectivity index (χ4n) is 1.68. The first-order chi connectivity index (χ1) is 6.29. The van der Waals surface area contributed by atoms with Gasteiger partial charge in [-0.3, -0.25) is 4.79 Å². The van der Waals surface area contributed by atoms with Gasteiger partial charge in [-0.15, -0.1) is 13.2 Å². The molecule has 2 atom stereocenters. The summed E-state index contributed by atoms with van der Waals surface area (Å²) in [5, 5.41) is 2.92. The minimum absolute atomic E-state index is 0.205. The van der Waals surface area contributed by atoms with Gasteiger partial charge in [-0.2, -0.15) is 0 Å². The number of carbonyl (C=O) groups excluding carboxylic acids is 1. The summed E-state index contributed by atoms with van der Waals surface area (Å²) < 4.78 is 0. The fraction of sp³-hybridized carbons (Fsp3) is 0.545. The Hall–Kier alpha value is -1.05. The minimum Gasteiger partial charge on any atom is -0.352 e. The average Bonchev–Trinajstić information content (AvgIpc) is 2.12. The highest BCUT2D eigenvalue weighted by Crippen LogP contribution is 2.24. The summed E-state index contributed by atoms with van der Waals surface area (Å²) in [6.07, 6.45) is 7.65. The molecule has 13 heavy (non-hydrogen) atoms. The van der Waals surface area contributed by atoms with Gasteiger partial charge in [-0.25, -0.2) is 0 Å². The first-order valence-corrected chi connectivity index (χ1v) is 4.81. The van der Waals surface area contributed by atoms with Gasteiger partial charge in [0.25, 0.3) is 0 Å². The van der Waals surface area contributed by atoms with Gasteiger partial charge in [0.05, 0.1) is 5.92 Å². The van der Waals surface area contributed by atoms with Crippen molar-refractivity contribution in [3.05, 3.63) is 25.3 Å². The second-order valence-electron chi connectivity index (χ2n) is 3.45. The molecule has 0 aromatic carbocycles. The maximum atomic E-state index is 11.1. The van der Waals surface area contributed by atoms with E-state index in [0.29, 0.717) is 6.04 Å². The van der Waals surface area contributed by atoms with Crippen molar-refractivity contribution < 1.29 is 4.79 Å². The van der Waals surface area contributed by atoms with Gasteiger partial charge in [0.1, 0.15) is 0 Å². The first kappa shape index (κ1) is 10.0. The van der Waals surface area contributed by atoms with Crippen molar-refractivity contribution in [1.29, 1.82) is 0 Å². The van der Waals surface area contributed by atoms with Gasteiger partial charge in [0, 0.05) is 6.04 Å². The van der Waals surface area contributed by atoms with Gasteiger partial charge in [-0.05, 0) is 25.7 Å². The molecule has 1 heterocycles. The average molecular weight is 179 g/mol. The topological polar surface area (TPSA) is 29.1 Å². The summed E-state index contributed by atoms with van der Waals surface area (Å²) >= 11 is 0. The molecule has 2 heteroatoms. The maximum Gasteiger partial charge on any atom is 0.225 e. The monoisotopic (exact) mass is 179 g/mol. The van der Waals surface area contributed by atoms with Gasteiger partial charge in [-0.1, -0.05) is 12.2 Å². The zero-order valence-corrected chi connectivity index (χ0v) is 7.96. The Balaban J connectivity index is 2.27. The van der Waals surface area contributed by atoms with Crippen LogP contribution in [0.3, 0.4) is 0 Å². The molecule has 2 nitrogen and oxygen atoms in total. The van der Waals surface area contributed by atoms with Crippen LogP contribution < -0.4 is 5.32 Å². The van der Waals surface area contributed by atoms with E-state index in [1.54, 1.807) is 0 Å². The molecule has 0 radical (unpaired) electrons. The van der Waals surface area contributed by atoms with Crippen LogP contribution in [0, 0.1) is 5.92 Å². The largest absolute Gasteiger partial charge is 0.352 e. The van der Waals surface area contributed by atoms with Gasteiger partial charge >= 0.3 is 0 Å². The summed E-state index contributed by atoms with van der Waals surface area (Å²) in [6.45, 7) is 7.32. The zero-order chi connectivity index (χ0) is 9.68. The van der Waals surface area contributed by atoms with Gasteiger partial charge in [0.2, 0.25) is 5.91 Å². The molecule has 0 spiro atoms. The minimum atomic E-state index is 0.205. The highest BCUT2D eigenvalue weighted by Gasteiger charge is 2.37. The van der Waals surface area contributed by atoms with Crippen LogP contribution in [0.15, 0.2) is 25.3 Å². The molecule has 1 fully saturated rings. The van der Waals surface area contributed by atoms with E-state index in [1.807, 2.05) is 12.2 Å².